The van der Waals surface area contributed by atoms with Gasteiger partial charge in [-0.05, 0) is 47.9 Å². The Kier molecular flexibility index (Phi) is 9.02. The number of nitrogens with zero attached hydrogens (tertiary/aromatic N) is 2. The second kappa shape index (κ2) is 12.2. The highest BCUT2D eigenvalue weighted by atomic mass is 35.5. The predicted molar refractivity (Wildman–Crippen MR) is 139 cm³/mol. The van der Waals surface area contributed by atoms with Gasteiger partial charge in [-0.1, -0.05) is 18.2 Å². The van der Waals surface area contributed by atoms with Crippen molar-refractivity contribution < 1.29 is 28.8 Å². The molecule has 1 aromatic heterocycles. The fourth-order valence-corrected chi connectivity index (χ4v) is 3.71. The van der Waals surface area contributed by atoms with Gasteiger partial charge in [-0.3, -0.25) is 4.79 Å². The summed E-state index contributed by atoms with van der Waals surface area (Å²) in [6.07, 6.45) is 0.378. The third-order valence-electron chi connectivity index (χ3n) is 5.75. The van der Waals surface area contributed by atoms with E-state index in [0.29, 0.717) is 24.5 Å². The van der Waals surface area contributed by atoms with Crippen LogP contribution in [-0.2, 0) is 31.5 Å². The first-order valence-corrected chi connectivity index (χ1v) is 11.2. The molecule has 0 unspecified atom stereocenters. The zero-order valence-electron chi connectivity index (χ0n) is 20.4. The van der Waals surface area contributed by atoms with Crippen LogP contribution in [0.2, 0.25) is 0 Å². The summed E-state index contributed by atoms with van der Waals surface area (Å²) in [5.74, 6) is 2.65. The molecular weight excluding hydrogens is 484 g/mol. The molecule has 0 saturated heterocycles. The molecular formula is C27H29ClN2O6. The Hall–Kier alpha value is -3.91. The zero-order chi connectivity index (χ0) is 24.8. The van der Waals surface area contributed by atoms with E-state index < -0.39 is 5.97 Å². The van der Waals surface area contributed by atoms with E-state index in [1.54, 1.807) is 20.3 Å². The summed E-state index contributed by atoms with van der Waals surface area (Å²) in [6, 6.07) is 18.8. The number of carboxylic acids is 1. The fraction of sp³-hybridized carbons (Fsp3) is 0.259. The maximum absolute atomic E-state index is 11.1. The molecule has 1 N–H and O–H groups in total. The van der Waals surface area contributed by atoms with Gasteiger partial charge < -0.3 is 28.6 Å². The standard InChI is InChI=1S/C27H28N2O6.ClH/c1-29-24-14-21(33-3)11-12-23(24)28-26(29)17-34-22-10-6-19(7-13-27(30)31)25(15-22)35-16-18-4-8-20(32-2)9-5-18;/h4-6,8-12,14-15H,7,13,16-17H2,1-3H3,(H,30,31);1H. The summed E-state index contributed by atoms with van der Waals surface area (Å²) in [6.45, 7) is 0.597. The summed E-state index contributed by atoms with van der Waals surface area (Å²) in [5, 5.41) is 9.11. The largest absolute Gasteiger partial charge is 0.497 e. The normalized spacial score (nSPS) is 10.5. The van der Waals surface area contributed by atoms with Crippen LogP contribution in [-0.4, -0.2) is 34.8 Å². The molecule has 0 spiro atoms. The number of benzene rings is 3. The molecule has 190 valence electrons. The lowest BCUT2D eigenvalue weighted by Crippen LogP contribution is -2.05. The molecule has 0 saturated carbocycles. The van der Waals surface area contributed by atoms with Crippen molar-refractivity contribution >= 4 is 29.4 Å². The van der Waals surface area contributed by atoms with Crippen molar-refractivity contribution in [2.75, 3.05) is 14.2 Å². The molecule has 1 heterocycles. The van der Waals surface area contributed by atoms with Gasteiger partial charge in [-0.2, -0.15) is 0 Å². The molecule has 0 bridgehead atoms. The number of aromatic nitrogens is 2. The van der Waals surface area contributed by atoms with Gasteiger partial charge in [-0.15, -0.1) is 12.4 Å². The third-order valence-corrected chi connectivity index (χ3v) is 5.75. The van der Waals surface area contributed by atoms with Crippen LogP contribution >= 0.6 is 12.4 Å². The summed E-state index contributed by atoms with van der Waals surface area (Å²) in [7, 11) is 5.19. The lowest BCUT2D eigenvalue weighted by Gasteiger charge is -2.14. The van der Waals surface area contributed by atoms with Gasteiger partial charge >= 0.3 is 5.97 Å². The number of carboxylic acid groups (broad SMARTS) is 1. The predicted octanol–water partition coefficient (Wildman–Crippen LogP) is 5.19. The van der Waals surface area contributed by atoms with Crippen molar-refractivity contribution in [1.29, 1.82) is 0 Å². The minimum absolute atomic E-state index is 0. The van der Waals surface area contributed by atoms with Crippen LogP contribution < -0.4 is 18.9 Å². The van der Waals surface area contributed by atoms with Gasteiger partial charge in [0, 0.05) is 25.6 Å². The molecule has 4 rings (SSSR count). The van der Waals surface area contributed by atoms with Crippen molar-refractivity contribution in [2.24, 2.45) is 7.05 Å². The van der Waals surface area contributed by atoms with E-state index in [9.17, 15) is 4.79 Å². The molecule has 0 fully saturated rings. The van der Waals surface area contributed by atoms with Crippen molar-refractivity contribution in [3.05, 3.63) is 77.6 Å². The number of aryl methyl sites for hydroxylation is 2. The van der Waals surface area contributed by atoms with Crippen LogP contribution in [0, 0.1) is 0 Å². The van der Waals surface area contributed by atoms with E-state index in [1.165, 1.54) is 0 Å². The Bertz CT molecular complexity index is 1320. The molecule has 0 radical (unpaired) electrons. The number of hydrogen-bond donors (Lipinski definition) is 1. The van der Waals surface area contributed by atoms with Gasteiger partial charge in [0.05, 0.1) is 25.3 Å². The molecule has 36 heavy (non-hydrogen) atoms. The second-order valence-corrected chi connectivity index (χ2v) is 8.03. The number of hydrogen-bond acceptors (Lipinski definition) is 6. The smallest absolute Gasteiger partial charge is 0.303 e. The Morgan fingerprint density at radius 3 is 2.28 bits per heavy atom. The molecule has 3 aromatic carbocycles. The fourth-order valence-electron chi connectivity index (χ4n) is 3.71. The van der Waals surface area contributed by atoms with Gasteiger partial charge in [0.1, 0.15) is 42.0 Å². The Balaban J connectivity index is 0.00000361. The maximum atomic E-state index is 11.1. The van der Waals surface area contributed by atoms with Crippen molar-refractivity contribution in [2.45, 2.75) is 26.1 Å². The molecule has 0 aliphatic rings. The third kappa shape index (κ3) is 6.40. The monoisotopic (exact) mass is 512 g/mol. The molecule has 4 aromatic rings. The van der Waals surface area contributed by atoms with Crippen molar-refractivity contribution in [3.63, 3.8) is 0 Å². The first kappa shape index (κ1) is 26.7. The maximum Gasteiger partial charge on any atom is 0.303 e. The van der Waals surface area contributed by atoms with E-state index in [2.05, 4.69) is 4.98 Å². The van der Waals surface area contributed by atoms with Crippen molar-refractivity contribution in [3.8, 4) is 23.0 Å². The number of aliphatic carboxylic acids is 1. The van der Waals surface area contributed by atoms with E-state index >= 15 is 0 Å². The summed E-state index contributed by atoms with van der Waals surface area (Å²) >= 11 is 0. The van der Waals surface area contributed by atoms with Crippen LogP contribution in [0.1, 0.15) is 23.4 Å². The van der Waals surface area contributed by atoms with Crippen LogP contribution in [0.15, 0.2) is 60.7 Å². The number of carbonyl (C=O) groups is 1. The molecule has 0 amide bonds. The average Bonchev–Trinajstić information content (AvgIpc) is 3.20. The van der Waals surface area contributed by atoms with Gasteiger partial charge in [-0.25, -0.2) is 4.98 Å². The first-order chi connectivity index (χ1) is 17.0. The van der Waals surface area contributed by atoms with Crippen LogP contribution in [0.4, 0.5) is 0 Å². The summed E-state index contributed by atoms with van der Waals surface area (Å²) in [4.78, 5) is 15.8. The number of methoxy groups -OCH3 is 2. The Labute approximate surface area is 215 Å². The lowest BCUT2D eigenvalue weighted by atomic mass is 10.1. The number of imidazole rings is 1. The van der Waals surface area contributed by atoms with E-state index in [1.807, 2.05) is 66.2 Å². The van der Waals surface area contributed by atoms with E-state index in [-0.39, 0.29) is 25.4 Å². The SMILES string of the molecule is COc1ccc(COc2cc(OCc3nc4ccc(OC)cc4n3C)ccc2CCC(=O)O)cc1.Cl. The second-order valence-electron chi connectivity index (χ2n) is 8.03. The van der Waals surface area contributed by atoms with Gasteiger partial charge in [0.2, 0.25) is 0 Å². The lowest BCUT2D eigenvalue weighted by molar-refractivity contribution is -0.136. The molecule has 0 aliphatic carbocycles. The van der Waals surface area contributed by atoms with Crippen LogP contribution in [0.25, 0.3) is 11.0 Å². The number of rotatable bonds is 11. The topological polar surface area (TPSA) is 92.0 Å². The average molecular weight is 513 g/mol. The number of halogens is 1. The number of fused-ring (bicyclic) bond motifs is 1. The molecule has 9 heteroatoms. The summed E-state index contributed by atoms with van der Waals surface area (Å²) in [5.41, 5.74) is 3.59. The quantitative estimate of drug-likeness (QED) is 0.296. The first-order valence-electron chi connectivity index (χ1n) is 11.2. The molecule has 8 nitrogen and oxygen atoms in total. The Morgan fingerprint density at radius 2 is 1.58 bits per heavy atom. The van der Waals surface area contributed by atoms with Crippen LogP contribution in [0.3, 0.4) is 0 Å². The Morgan fingerprint density at radius 1 is 0.889 bits per heavy atom. The summed E-state index contributed by atoms with van der Waals surface area (Å²) < 4.78 is 24.6. The molecule has 0 aliphatic heterocycles. The minimum atomic E-state index is -0.857. The highest BCUT2D eigenvalue weighted by molar-refractivity contribution is 5.85. The highest BCUT2D eigenvalue weighted by Crippen LogP contribution is 2.28. The van der Waals surface area contributed by atoms with Crippen LogP contribution in [0.5, 0.6) is 23.0 Å². The van der Waals surface area contributed by atoms with Gasteiger partial charge in [0.15, 0.2) is 0 Å². The molecule has 0 atom stereocenters. The van der Waals surface area contributed by atoms with E-state index in [0.717, 1.165) is 39.5 Å². The van der Waals surface area contributed by atoms with E-state index in [4.69, 9.17) is 24.1 Å². The number of ether oxygens (including phenoxy) is 4. The zero-order valence-corrected chi connectivity index (χ0v) is 21.2. The minimum Gasteiger partial charge on any atom is -0.497 e. The highest BCUT2D eigenvalue weighted by Gasteiger charge is 2.12. The van der Waals surface area contributed by atoms with Crippen molar-refractivity contribution in [1.82, 2.24) is 9.55 Å². The van der Waals surface area contributed by atoms with Gasteiger partial charge in [0.25, 0.3) is 0 Å².